The Bertz CT molecular complexity index is 415. The van der Waals surface area contributed by atoms with Crippen LogP contribution >= 0.6 is 0 Å². The van der Waals surface area contributed by atoms with Crippen molar-refractivity contribution in [3.8, 4) is 0 Å². The zero-order chi connectivity index (χ0) is 11.5. The van der Waals surface area contributed by atoms with Gasteiger partial charge in [0.15, 0.2) is 0 Å². The molecule has 1 aliphatic rings. The average Bonchev–Trinajstić information content (AvgIpc) is 2.63. The number of H-pyrrole nitrogens is 1. The second-order valence-electron chi connectivity index (χ2n) is 4.32. The first-order valence-electron chi connectivity index (χ1n) is 5.74. The minimum Gasteiger partial charge on any atom is -0.326 e. The lowest BCUT2D eigenvalue weighted by Gasteiger charge is -2.14. The maximum absolute atomic E-state index is 11.4. The molecule has 1 saturated heterocycles. The molecule has 0 saturated carbocycles. The quantitative estimate of drug-likeness (QED) is 0.746. The fourth-order valence-electron chi connectivity index (χ4n) is 2.05. The van der Waals surface area contributed by atoms with Gasteiger partial charge in [-0.2, -0.15) is 0 Å². The van der Waals surface area contributed by atoms with Crippen LogP contribution in [0.1, 0.15) is 24.9 Å². The van der Waals surface area contributed by atoms with Gasteiger partial charge < -0.3 is 10.7 Å². The SMILES string of the molecule is CCc1nc(CN2CCC(N)C2)cc(=O)[nH]1. The molecule has 1 atom stereocenters. The topological polar surface area (TPSA) is 75.0 Å². The number of likely N-dealkylation sites (tertiary alicyclic amines) is 1. The Kier molecular flexibility index (Phi) is 3.36. The fraction of sp³-hybridized carbons (Fsp3) is 0.636. The Morgan fingerprint density at radius 2 is 2.50 bits per heavy atom. The molecule has 0 spiro atoms. The van der Waals surface area contributed by atoms with Gasteiger partial charge in [-0.1, -0.05) is 6.92 Å². The third kappa shape index (κ3) is 2.68. The predicted octanol–water partition coefficient (Wildman–Crippen LogP) is -0.135. The first-order chi connectivity index (χ1) is 7.67. The summed E-state index contributed by atoms with van der Waals surface area (Å²) in [6.07, 6.45) is 1.78. The lowest BCUT2D eigenvalue weighted by Crippen LogP contribution is -2.27. The molecule has 0 aliphatic carbocycles. The van der Waals surface area contributed by atoms with Crippen LogP contribution in [0.5, 0.6) is 0 Å². The molecule has 1 aliphatic heterocycles. The van der Waals surface area contributed by atoms with Crippen LogP contribution in [0.2, 0.25) is 0 Å². The molecule has 1 aromatic heterocycles. The molecular weight excluding hydrogens is 204 g/mol. The maximum Gasteiger partial charge on any atom is 0.251 e. The maximum atomic E-state index is 11.4. The number of nitrogens with one attached hydrogen (secondary N) is 1. The highest BCUT2D eigenvalue weighted by Gasteiger charge is 2.19. The van der Waals surface area contributed by atoms with Crippen molar-refractivity contribution in [3.05, 3.63) is 27.9 Å². The summed E-state index contributed by atoms with van der Waals surface area (Å²) in [5.74, 6) is 0.756. The summed E-state index contributed by atoms with van der Waals surface area (Å²) in [5.41, 5.74) is 6.61. The van der Waals surface area contributed by atoms with Crippen LogP contribution in [0.3, 0.4) is 0 Å². The Balaban J connectivity index is 2.09. The van der Waals surface area contributed by atoms with Gasteiger partial charge in [-0.15, -0.1) is 0 Å². The Morgan fingerprint density at radius 3 is 3.12 bits per heavy atom. The molecule has 0 bridgehead atoms. The highest BCUT2D eigenvalue weighted by Crippen LogP contribution is 2.09. The van der Waals surface area contributed by atoms with E-state index in [4.69, 9.17) is 5.73 Å². The molecule has 1 aromatic rings. The second kappa shape index (κ2) is 4.76. The van der Waals surface area contributed by atoms with Crippen LogP contribution in [-0.4, -0.2) is 34.0 Å². The van der Waals surface area contributed by atoms with E-state index in [0.717, 1.165) is 44.0 Å². The fourth-order valence-corrected chi connectivity index (χ4v) is 2.05. The number of hydrogen-bond donors (Lipinski definition) is 2. The number of aromatic nitrogens is 2. The van der Waals surface area contributed by atoms with Gasteiger partial charge in [0.1, 0.15) is 5.82 Å². The van der Waals surface area contributed by atoms with Crippen molar-refractivity contribution in [2.75, 3.05) is 13.1 Å². The number of aryl methyl sites for hydroxylation is 1. The van der Waals surface area contributed by atoms with Crippen molar-refractivity contribution in [2.24, 2.45) is 5.73 Å². The van der Waals surface area contributed by atoms with Crippen LogP contribution in [0, 0.1) is 0 Å². The van der Waals surface area contributed by atoms with Crippen molar-refractivity contribution in [1.82, 2.24) is 14.9 Å². The lowest BCUT2D eigenvalue weighted by atomic mass is 10.3. The van der Waals surface area contributed by atoms with Gasteiger partial charge in [0.25, 0.3) is 5.56 Å². The smallest absolute Gasteiger partial charge is 0.251 e. The van der Waals surface area contributed by atoms with Crippen molar-refractivity contribution >= 4 is 0 Å². The highest BCUT2D eigenvalue weighted by atomic mass is 16.1. The van der Waals surface area contributed by atoms with Crippen molar-refractivity contribution < 1.29 is 0 Å². The third-order valence-corrected chi connectivity index (χ3v) is 2.87. The van der Waals surface area contributed by atoms with E-state index in [1.54, 1.807) is 6.07 Å². The average molecular weight is 222 g/mol. The van der Waals surface area contributed by atoms with Gasteiger partial charge in [0, 0.05) is 38.2 Å². The molecule has 1 unspecified atom stereocenters. The number of rotatable bonds is 3. The second-order valence-corrected chi connectivity index (χ2v) is 4.32. The third-order valence-electron chi connectivity index (χ3n) is 2.87. The van der Waals surface area contributed by atoms with Crippen LogP contribution in [0.25, 0.3) is 0 Å². The molecular formula is C11H18N4O. The number of nitrogens with zero attached hydrogens (tertiary/aromatic N) is 2. The predicted molar refractivity (Wildman–Crippen MR) is 62.1 cm³/mol. The standard InChI is InChI=1S/C11H18N4O/c1-2-10-13-9(5-11(16)14-10)7-15-4-3-8(12)6-15/h5,8H,2-4,6-7,12H2,1H3,(H,13,14,16). The first kappa shape index (κ1) is 11.3. The van der Waals surface area contributed by atoms with Gasteiger partial charge in [-0.05, 0) is 6.42 Å². The van der Waals surface area contributed by atoms with Crippen LogP contribution in [-0.2, 0) is 13.0 Å². The summed E-state index contributed by atoms with van der Waals surface area (Å²) in [6.45, 7) is 4.60. The van der Waals surface area contributed by atoms with E-state index in [1.807, 2.05) is 6.92 Å². The summed E-state index contributed by atoms with van der Waals surface area (Å²) in [6, 6.07) is 1.84. The van der Waals surface area contributed by atoms with E-state index >= 15 is 0 Å². The number of hydrogen-bond acceptors (Lipinski definition) is 4. The Labute approximate surface area is 94.7 Å². The summed E-state index contributed by atoms with van der Waals surface area (Å²) in [7, 11) is 0. The van der Waals surface area contributed by atoms with E-state index in [1.165, 1.54) is 0 Å². The molecule has 2 heterocycles. The largest absolute Gasteiger partial charge is 0.326 e. The van der Waals surface area contributed by atoms with Gasteiger partial charge in [-0.25, -0.2) is 4.98 Å². The molecule has 0 amide bonds. The van der Waals surface area contributed by atoms with Crippen molar-refractivity contribution in [3.63, 3.8) is 0 Å². The number of aromatic amines is 1. The molecule has 0 radical (unpaired) electrons. The monoisotopic (exact) mass is 222 g/mol. The lowest BCUT2D eigenvalue weighted by molar-refractivity contribution is 0.322. The van der Waals surface area contributed by atoms with E-state index in [9.17, 15) is 4.79 Å². The molecule has 5 heteroatoms. The zero-order valence-corrected chi connectivity index (χ0v) is 9.57. The summed E-state index contributed by atoms with van der Waals surface area (Å²) >= 11 is 0. The molecule has 88 valence electrons. The first-order valence-corrected chi connectivity index (χ1v) is 5.74. The van der Waals surface area contributed by atoms with E-state index < -0.39 is 0 Å². The normalized spacial score (nSPS) is 21.5. The van der Waals surface area contributed by atoms with Crippen LogP contribution in [0.15, 0.2) is 10.9 Å². The molecule has 16 heavy (non-hydrogen) atoms. The summed E-state index contributed by atoms with van der Waals surface area (Å²) < 4.78 is 0. The molecule has 3 N–H and O–H groups in total. The Morgan fingerprint density at radius 1 is 1.69 bits per heavy atom. The van der Waals surface area contributed by atoms with E-state index in [0.29, 0.717) is 0 Å². The molecule has 0 aromatic carbocycles. The van der Waals surface area contributed by atoms with Crippen LogP contribution < -0.4 is 11.3 Å². The molecule has 1 fully saturated rings. The number of nitrogens with two attached hydrogens (primary N) is 1. The van der Waals surface area contributed by atoms with Gasteiger partial charge in [0.2, 0.25) is 0 Å². The van der Waals surface area contributed by atoms with Crippen LogP contribution in [0.4, 0.5) is 0 Å². The molecule has 2 rings (SSSR count). The van der Waals surface area contributed by atoms with Crippen molar-refractivity contribution in [1.29, 1.82) is 0 Å². The van der Waals surface area contributed by atoms with Gasteiger partial charge in [0.05, 0.1) is 5.69 Å². The highest BCUT2D eigenvalue weighted by molar-refractivity contribution is 5.03. The Hall–Kier alpha value is -1.20. The minimum atomic E-state index is -0.0645. The summed E-state index contributed by atoms with van der Waals surface area (Å²) in [4.78, 5) is 20.7. The van der Waals surface area contributed by atoms with Gasteiger partial charge in [-0.3, -0.25) is 9.69 Å². The minimum absolute atomic E-state index is 0.0645. The van der Waals surface area contributed by atoms with Gasteiger partial charge >= 0.3 is 0 Å². The van der Waals surface area contributed by atoms with E-state index in [-0.39, 0.29) is 11.6 Å². The van der Waals surface area contributed by atoms with E-state index in [2.05, 4.69) is 14.9 Å². The zero-order valence-electron chi connectivity index (χ0n) is 9.57. The molecule has 5 nitrogen and oxygen atoms in total. The summed E-state index contributed by atoms with van der Waals surface area (Å²) in [5, 5.41) is 0. The van der Waals surface area contributed by atoms with Crippen molar-refractivity contribution in [2.45, 2.75) is 32.4 Å².